The summed E-state index contributed by atoms with van der Waals surface area (Å²) < 4.78 is 16.6. The van der Waals surface area contributed by atoms with Crippen molar-refractivity contribution in [3.63, 3.8) is 0 Å². The number of carbonyl (C=O) groups is 1. The highest BCUT2D eigenvalue weighted by Crippen LogP contribution is 2.32. The summed E-state index contributed by atoms with van der Waals surface area (Å²) >= 11 is 0. The highest BCUT2D eigenvalue weighted by Gasteiger charge is 2.17. The minimum Gasteiger partial charge on any atom is -0.382 e. The normalized spacial score (nSPS) is 11.1. The van der Waals surface area contributed by atoms with Crippen LogP contribution in [0.25, 0.3) is 33.5 Å². The number of hydrogen-bond acceptors (Lipinski definition) is 4. The third-order valence-electron chi connectivity index (χ3n) is 4.51. The van der Waals surface area contributed by atoms with Gasteiger partial charge in [0, 0.05) is 54.9 Å². The van der Waals surface area contributed by atoms with Gasteiger partial charge in [0.2, 0.25) is 0 Å². The number of nitrogens with one attached hydrogen (secondary N) is 2. The molecule has 0 aliphatic heterocycles. The largest absolute Gasteiger partial charge is 0.382 e. The first-order valence-corrected chi connectivity index (χ1v) is 8.26. The van der Waals surface area contributed by atoms with E-state index in [9.17, 15) is 9.18 Å². The van der Waals surface area contributed by atoms with Crippen LogP contribution in [0.2, 0.25) is 0 Å². The van der Waals surface area contributed by atoms with Crippen LogP contribution in [0.4, 0.5) is 10.2 Å². The van der Waals surface area contributed by atoms with Crippen molar-refractivity contribution in [2.75, 3.05) is 12.8 Å². The number of benzene rings is 1. The number of nitrogen functional groups attached to an aromatic ring is 1. The fraction of sp³-hybridized carbons (Fsp3) is 0.105. The molecule has 4 aromatic rings. The zero-order valence-corrected chi connectivity index (χ0v) is 14.7. The second kappa shape index (κ2) is 6.24. The fourth-order valence-corrected chi connectivity index (χ4v) is 3.11. The summed E-state index contributed by atoms with van der Waals surface area (Å²) in [7, 11) is 3.38. The molecule has 0 aliphatic rings. The number of rotatable bonds is 3. The number of carbonyl (C=O) groups excluding carboxylic acids is 1. The number of imidazole rings is 1. The SMILES string of the molecule is CNC(=O)c1cnc(N)c2[nH]c(-c3ccc(-c4nccn4C)cc3F)cc12. The molecule has 0 saturated heterocycles. The van der Waals surface area contributed by atoms with Crippen LogP contribution in [0.3, 0.4) is 0 Å². The van der Waals surface area contributed by atoms with Gasteiger partial charge in [0.25, 0.3) is 5.91 Å². The third-order valence-corrected chi connectivity index (χ3v) is 4.51. The van der Waals surface area contributed by atoms with Gasteiger partial charge in [0.1, 0.15) is 17.5 Å². The molecule has 0 fully saturated rings. The van der Waals surface area contributed by atoms with E-state index in [0.717, 1.165) is 0 Å². The van der Waals surface area contributed by atoms with Gasteiger partial charge in [-0.15, -0.1) is 0 Å². The number of amides is 1. The molecule has 27 heavy (non-hydrogen) atoms. The molecule has 3 heterocycles. The summed E-state index contributed by atoms with van der Waals surface area (Å²) in [6.45, 7) is 0. The average Bonchev–Trinajstić information content (AvgIpc) is 3.28. The maximum atomic E-state index is 14.8. The Bertz CT molecular complexity index is 1180. The van der Waals surface area contributed by atoms with Gasteiger partial charge < -0.3 is 20.6 Å². The average molecular weight is 364 g/mol. The molecular weight excluding hydrogens is 347 g/mol. The van der Waals surface area contributed by atoms with Crippen molar-refractivity contribution >= 4 is 22.6 Å². The predicted molar refractivity (Wildman–Crippen MR) is 101 cm³/mol. The lowest BCUT2D eigenvalue weighted by molar-refractivity contribution is 0.0964. The molecule has 0 saturated carbocycles. The number of halogens is 1. The summed E-state index contributed by atoms with van der Waals surface area (Å²) in [4.78, 5) is 23.4. The number of aromatic nitrogens is 4. The van der Waals surface area contributed by atoms with Crippen molar-refractivity contribution in [2.24, 2.45) is 7.05 Å². The van der Waals surface area contributed by atoms with Crippen LogP contribution in [0, 0.1) is 5.82 Å². The lowest BCUT2D eigenvalue weighted by atomic mass is 10.1. The quantitative estimate of drug-likeness (QED) is 0.520. The van der Waals surface area contributed by atoms with Gasteiger partial charge in [-0.05, 0) is 18.2 Å². The highest BCUT2D eigenvalue weighted by molar-refractivity contribution is 6.09. The summed E-state index contributed by atoms with van der Waals surface area (Å²) in [5, 5.41) is 3.15. The maximum absolute atomic E-state index is 14.8. The minimum atomic E-state index is -0.407. The van der Waals surface area contributed by atoms with E-state index in [1.165, 1.54) is 19.3 Å². The molecule has 4 N–H and O–H groups in total. The van der Waals surface area contributed by atoms with Crippen LogP contribution in [0.15, 0.2) is 42.9 Å². The molecule has 4 rings (SSSR count). The predicted octanol–water partition coefficient (Wildman–Crippen LogP) is 2.71. The Morgan fingerprint density at radius 1 is 1.30 bits per heavy atom. The van der Waals surface area contributed by atoms with Gasteiger partial charge in [0.15, 0.2) is 0 Å². The van der Waals surface area contributed by atoms with Crippen molar-refractivity contribution in [3.8, 4) is 22.6 Å². The Balaban J connectivity index is 1.84. The number of fused-ring (bicyclic) bond motifs is 1. The Morgan fingerprint density at radius 2 is 2.11 bits per heavy atom. The molecule has 0 aliphatic carbocycles. The van der Waals surface area contributed by atoms with Gasteiger partial charge >= 0.3 is 0 Å². The first-order valence-electron chi connectivity index (χ1n) is 8.26. The summed E-state index contributed by atoms with van der Waals surface area (Å²) in [6.07, 6.45) is 4.87. The van der Waals surface area contributed by atoms with Crippen LogP contribution < -0.4 is 11.1 Å². The zero-order valence-electron chi connectivity index (χ0n) is 14.7. The molecule has 136 valence electrons. The maximum Gasteiger partial charge on any atom is 0.253 e. The number of nitrogens with two attached hydrogens (primary N) is 1. The molecule has 1 amide bonds. The van der Waals surface area contributed by atoms with E-state index in [2.05, 4.69) is 20.3 Å². The first kappa shape index (κ1) is 16.8. The van der Waals surface area contributed by atoms with Crippen molar-refractivity contribution < 1.29 is 9.18 Å². The van der Waals surface area contributed by atoms with E-state index in [4.69, 9.17) is 5.73 Å². The summed E-state index contributed by atoms with van der Waals surface area (Å²) in [6, 6.07) is 6.61. The van der Waals surface area contributed by atoms with Crippen LogP contribution in [-0.2, 0) is 7.05 Å². The molecule has 0 spiro atoms. The Labute approximate surface area is 154 Å². The van der Waals surface area contributed by atoms with Gasteiger partial charge in [-0.1, -0.05) is 6.07 Å². The van der Waals surface area contributed by atoms with Crippen molar-refractivity contribution in [1.29, 1.82) is 0 Å². The molecule has 1 aromatic carbocycles. The van der Waals surface area contributed by atoms with Crippen LogP contribution in [0.5, 0.6) is 0 Å². The molecule has 0 radical (unpaired) electrons. The molecule has 3 aromatic heterocycles. The number of H-pyrrole nitrogens is 1. The van der Waals surface area contributed by atoms with Gasteiger partial charge in [-0.2, -0.15) is 0 Å². The summed E-state index contributed by atoms with van der Waals surface area (Å²) in [5.41, 5.74) is 8.34. The van der Waals surface area contributed by atoms with E-state index >= 15 is 0 Å². The number of aromatic amines is 1. The van der Waals surface area contributed by atoms with E-state index in [1.807, 2.05) is 11.6 Å². The topological polar surface area (TPSA) is 102 Å². The van der Waals surface area contributed by atoms with E-state index in [0.29, 0.717) is 39.1 Å². The second-order valence-corrected chi connectivity index (χ2v) is 6.16. The molecule has 0 atom stereocenters. The number of pyridine rings is 1. The number of aryl methyl sites for hydroxylation is 1. The smallest absolute Gasteiger partial charge is 0.253 e. The van der Waals surface area contributed by atoms with Crippen LogP contribution in [0.1, 0.15) is 10.4 Å². The Kier molecular flexibility index (Phi) is 3.88. The molecule has 7 nitrogen and oxygen atoms in total. The van der Waals surface area contributed by atoms with Gasteiger partial charge in [-0.25, -0.2) is 14.4 Å². The Hall–Kier alpha value is -3.68. The molecule has 8 heteroatoms. The monoisotopic (exact) mass is 364 g/mol. The zero-order chi connectivity index (χ0) is 19.1. The van der Waals surface area contributed by atoms with E-state index in [1.54, 1.807) is 30.6 Å². The minimum absolute atomic E-state index is 0.244. The van der Waals surface area contributed by atoms with E-state index in [-0.39, 0.29) is 11.7 Å². The highest BCUT2D eigenvalue weighted by atomic mass is 19.1. The molecular formula is C19H17FN6O. The van der Waals surface area contributed by atoms with Crippen LogP contribution >= 0.6 is 0 Å². The molecule has 0 bridgehead atoms. The van der Waals surface area contributed by atoms with Gasteiger partial charge in [-0.3, -0.25) is 4.79 Å². The van der Waals surface area contributed by atoms with Crippen molar-refractivity contribution in [2.45, 2.75) is 0 Å². The third kappa shape index (κ3) is 2.71. The van der Waals surface area contributed by atoms with Crippen molar-refractivity contribution in [1.82, 2.24) is 24.8 Å². The number of anilines is 1. The first-order chi connectivity index (χ1) is 13.0. The molecule has 0 unspecified atom stereocenters. The fourth-order valence-electron chi connectivity index (χ4n) is 3.11. The number of nitrogens with zero attached hydrogens (tertiary/aromatic N) is 3. The van der Waals surface area contributed by atoms with Crippen LogP contribution in [-0.4, -0.2) is 32.5 Å². The lowest BCUT2D eigenvalue weighted by Crippen LogP contribution is -2.18. The van der Waals surface area contributed by atoms with Crippen molar-refractivity contribution in [3.05, 3.63) is 54.2 Å². The lowest BCUT2D eigenvalue weighted by Gasteiger charge is -2.05. The standard InChI is InChI=1S/C19H17FN6O/c1-22-19(27)13-9-24-17(21)16-12(13)8-15(25-16)11-4-3-10(7-14(11)20)18-23-5-6-26(18)2/h3-9,25H,1-2H3,(H2,21,24)(H,22,27). The number of hydrogen-bond donors (Lipinski definition) is 3. The second-order valence-electron chi connectivity index (χ2n) is 6.16. The summed E-state index contributed by atoms with van der Waals surface area (Å²) in [5.74, 6) is 0.222. The Morgan fingerprint density at radius 3 is 2.78 bits per heavy atom. The van der Waals surface area contributed by atoms with E-state index < -0.39 is 5.82 Å². The van der Waals surface area contributed by atoms with Gasteiger partial charge in [0.05, 0.1) is 11.1 Å².